The molecule has 0 atom stereocenters. The van der Waals surface area contributed by atoms with Gasteiger partial charge in [-0.05, 0) is 104 Å². The zero-order chi connectivity index (χ0) is 29.6. The minimum atomic E-state index is -0.410. The monoisotopic (exact) mass is 558 g/mol. The van der Waals surface area contributed by atoms with E-state index in [2.05, 4.69) is 6.07 Å². The predicted molar refractivity (Wildman–Crippen MR) is 161 cm³/mol. The molecule has 4 rings (SSSR count). The zero-order valence-corrected chi connectivity index (χ0v) is 23.7. The van der Waals surface area contributed by atoms with Gasteiger partial charge in [-0.1, -0.05) is 49.9 Å². The fourth-order valence-corrected chi connectivity index (χ4v) is 4.72. The van der Waals surface area contributed by atoms with Crippen molar-refractivity contribution in [3.8, 4) is 17.9 Å². The Hall–Kier alpha value is -4.94. The van der Waals surface area contributed by atoms with E-state index < -0.39 is 5.97 Å². The Morgan fingerprint density at radius 1 is 0.595 bits per heavy atom. The molecule has 0 bridgehead atoms. The molecule has 1 aliphatic rings. The smallest absolute Gasteiger partial charge is 0.343 e. The number of hydrogen-bond acceptors (Lipinski definition) is 6. The molecule has 3 aromatic carbocycles. The minimum absolute atomic E-state index is 0.361. The molecule has 6 nitrogen and oxygen atoms in total. The lowest BCUT2D eigenvalue weighted by Crippen LogP contribution is -2.08. The number of carbonyl (C=O) groups is 2. The van der Waals surface area contributed by atoms with Crippen LogP contribution in [0.15, 0.2) is 96.3 Å². The van der Waals surface area contributed by atoms with Crippen molar-refractivity contribution in [1.82, 2.24) is 0 Å². The summed E-state index contributed by atoms with van der Waals surface area (Å²) in [6.45, 7) is 0. The van der Waals surface area contributed by atoms with E-state index in [0.29, 0.717) is 46.6 Å². The van der Waals surface area contributed by atoms with Crippen molar-refractivity contribution in [3.63, 3.8) is 0 Å². The summed E-state index contributed by atoms with van der Waals surface area (Å²) >= 11 is 0. The quantitative estimate of drug-likeness (QED) is 0.119. The predicted octanol–water partition coefficient (Wildman–Crippen LogP) is 8.19. The molecule has 0 N–H and O–H groups in total. The maximum absolute atomic E-state index is 12.4. The number of allylic oxidation sites excluding steroid dienone is 4. The Labute approximate surface area is 247 Å². The topological polar surface area (TPSA) is 100 Å². The summed E-state index contributed by atoms with van der Waals surface area (Å²) in [6.07, 6.45) is 13.5. The van der Waals surface area contributed by atoms with Gasteiger partial charge in [0, 0.05) is 12.0 Å². The van der Waals surface area contributed by atoms with Gasteiger partial charge in [-0.2, -0.15) is 10.5 Å². The van der Waals surface area contributed by atoms with Crippen LogP contribution in [0.2, 0.25) is 0 Å². The molecule has 0 unspecified atom stereocenters. The highest BCUT2D eigenvalue weighted by Crippen LogP contribution is 2.21. The Morgan fingerprint density at radius 2 is 1.12 bits per heavy atom. The molecular weight excluding hydrogens is 524 g/mol. The van der Waals surface area contributed by atoms with E-state index in [-0.39, 0.29) is 5.97 Å². The van der Waals surface area contributed by atoms with E-state index in [1.54, 1.807) is 48.6 Å². The van der Waals surface area contributed by atoms with Crippen molar-refractivity contribution < 1.29 is 19.1 Å². The Kier molecular flexibility index (Phi) is 11.3. The third-order valence-corrected chi connectivity index (χ3v) is 7.23. The van der Waals surface area contributed by atoms with E-state index in [0.717, 1.165) is 25.7 Å². The fraction of sp³-hybridized carbons (Fsp3) is 0.278. The average molecular weight is 559 g/mol. The van der Waals surface area contributed by atoms with Crippen molar-refractivity contribution in [2.75, 3.05) is 0 Å². The van der Waals surface area contributed by atoms with E-state index in [9.17, 15) is 9.59 Å². The maximum Gasteiger partial charge on any atom is 0.343 e. The number of unbranched alkanes of at least 4 members (excludes halogenated alkanes) is 5. The number of aryl methyl sites for hydroxylation is 2. The second-order valence-corrected chi connectivity index (χ2v) is 10.4. The lowest BCUT2D eigenvalue weighted by Gasteiger charge is -2.11. The molecule has 0 aliphatic heterocycles. The highest BCUT2D eigenvalue weighted by Gasteiger charge is 2.13. The number of ether oxygens (including phenoxy) is 2. The SMILES string of the molecule is N#CC1=CC=C(OC(=O)c2ccc(CCCCCCCCc3ccc(C(=O)Oc4ccc(C#N)cc4)cc3)cc2)CC1. The molecule has 1 aliphatic carbocycles. The third-order valence-electron chi connectivity index (χ3n) is 7.23. The maximum atomic E-state index is 12.4. The first kappa shape index (κ1) is 30.0. The molecule has 0 heterocycles. The van der Waals surface area contributed by atoms with Crippen molar-refractivity contribution in [1.29, 1.82) is 10.5 Å². The van der Waals surface area contributed by atoms with Gasteiger partial charge in [0.15, 0.2) is 0 Å². The van der Waals surface area contributed by atoms with Crippen molar-refractivity contribution >= 4 is 11.9 Å². The summed E-state index contributed by atoms with van der Waals surface area (Å²) in [5.74, 6) is 0.244. The van der Waals surface area contributed by atoms with Gasteiger partial charge in [0.05, 0.1) is 28.8 Å². The minimum Gasteiger partial charge on any atom is -0.427 e. The molecule has 42 heavy (non-hydrogen) atoms. The summed E-state index contributed by atoms with van der Waals surface area (Å²) in [7, 11) is 0. The van der Waals surface area contributed by atoms with Gasteiger partial charge in [-0.25, -0.2) is 9.59 Å². The number of benzene rings is 3. The summed E-state index contributed by atoms with van der Waals surface area (Å²) in [4.78, 5) is 24.8. The molecule has 6 heteroatoms. The van der Waals surface area contributed by atoms with Gasteiger partial charge in [-0.15, -0.1) is 0 Å². The summed E-state index contributed by atoms with van der Waals surface area (Å²) in [5.41, 5.74) is 4.68. The van der Waals surface area contributed by atoms with Gasteiger partial charge in [0.1, 0.15) is 11.5 Å². The molecule has 0 radical (unpaired) electrons. The van der Waals surface area contributed by atoms with Crippen LogP contribution < -0.4 is 4.74 Å². The summed E-state index contributed by atoms with van der Waals surface area (Å²) in [6, 6.07) is 25.8. The molecule has 0 saturated carbocycles. The number of rotatable bonds is 13. The number of carbonyl (C=O) groups excluding carboxylic acids is 2. The van der Waals surface area contributed by atoms with Crippen LogP contribution >= 0.6 is 0 Å². The van der Waals surface area contributed by atoms with Crippen LogP contribution in [0.25, 0.3) is 0 Å². The van der Waals surface area contributed by atoms with Crippen molar-refractivity contribution in [2.45, 2.75) is 64.2 Å². The normalized spacial score (nSPS) is 12.3. The van der Waals surface area contributed by atoms with Gasteiger partial charge < -0.3 is 9.47 Å². The lowest BCUT2D eigenvalue weighted by molar-refractivity contribution is 0.0612. The number of hydrogen-bond donors (Lipinski definition) is 0. The van der Waals surface area contributed by atoms with Gasteiger partial charge in [0.25, 0.3) is 0 Å². The van der Waals surface area contributed by atoms with Gasteiger partial charge in [0.2, 0.25) is 0 Å². The van der Waals surface area contributed by atoms with Crippen molar-refractivity contribution in [3.05, 3.63) is 124 Å². The zero-order valence-electron chi connectivity index (χ0n) is 23.7. The summed E-state index contributed by atoms with van der Waals surface area (Å²) < 4.78 is 10.8. The Bertz CT molecular complexity index is 1500. The standard InChI is InChI=1S/C36H34N2O4/c37-25-29-13-21-33(22-14-29)41-35(39)31-17-9-27(10-18-31)7-5-3-1-2-4-6-8-28-11-19-32(20-12-28)36(40)42-34-23-15-30(26-38)16-24-34/h9-15,17-23H,1-8,16,24H2. The number of nitriles is 2. The Balaban J connectivity index is 1.06. The molecule has 212 valence electrons. The molecule has 3 aromatic rings. The molecule has 0 fully saturated rings. The second-order valence-electron chi connectivity index (χ2n) is 10.4. The first-order chi connectivity index (χ1) is 20.5. The molecule has 0 amide bonds. The van der Waals surface area contributed by atoms with Crippen LogP contribution in [0.3, 0.4) is 0 Å². The fourth-order valence-electron chi connectivity index (χ4n) is 4.72. The second kappa shape index (κ2) is 15.7. The van der Waals surface area contributed by atoms with Gasteiger partial charge in [-0.3, -0.25) is 0 Å². The first-order valence-corrected chi connectivity index (χ1v) is 14.5. The van der Waals surface area contributed by atoms with Crippen LogP contribution in [0.4, 0.5) is 0 Å². The summed E-state index contributed by atoms with van der Waals surface area (Å²) in [5, 5.41) is 17.8. The molecular formula is C36H34N2O4. The highest BCUT2D eigenvalue weighted by atomic mass is 16.5. The van der Waals surface area contributed by atoms with E-state index in [1.807, 2.05) is 42.5 Å². The van der Waals surface area contributed by atoms with Crippen LogP contribution in [0, 0.1) is 22.7 Å². The van der Waals surface area contributed by atoms with Crippen LogP contribution in [0.1, 0.15) is 88.8 Å². The first-order valence-electron chi connectivity index (χ1n) is 14.5. The van der Waals surface area contributed by atoms with Crippen LogP contribution in [0.5, 0.6) is 5.75 Å². The number of nitrogens with zero attached hydrogens (tertiary/aromatic N) is 2. The Morgan fingerprint density at radius 3 is 1.60 bits per heavy atom. The van der Waals surface area contributed by atoms with Gasteiger partial charge >= 0.3 is 11.9 Å². The van der Waals surface area contributed by atoms with E-state index >= 15 is 0 Å². The van der Waals surface area contributed by atoms with Crippen LogP contribution in [-0.2, 0) is 17.6 Å². The van der Waals surface area contributed by atoms with E-state index in [1.165, 1.54) is 36.8 Å². The third kappa shape index (κ3) is 9.32. The van der Waals surface area contributed by atoms with Crippen LogP contribution in [-0.4, -0.2) is 11.9 Å². The van der Waals surface area contributed by atoms with Crippen molar-refractivity contribution in [2.24, 2.45) is 0 Å². The molecule has 0 spiro atoms. The largest absolute Gasteiger partial charge is 0.427 e. The average Bonchev–Trinajstić information content (AvgIpc) is 3.03. The lowest BCUT2D eigenvalue weighted by atomic mass is 10.0. The highest BCUT2D eigenvalue weighted by molar-refractivity contribution is 5.91. The molecule has 0 saturated heterocycles. The van der Waals surface area contributed by atoms with E-state index in [4.69, 9.17) is 20.0 Å². The molecule has 0 aromatic heterocycles. The number of esters is 2.